The molecule has 2 atom stereocenters. The zero-order chi connectivity index (χ0) is 13.9. The fourth-order valence-corrected chi connectivity index (χ4v) is 3.89. The summed E-state index contributed by atoms with van der Waals surface area (Å²) in [7, 11) is 0. The van der Waals surface area contributed by atoms with E-state index in [0.29, 0.717) is 17.0 Å². The Hall–Kier alpha value is -1.01. The van der Waals surface area contributed by atoms with Gasteiger partial charge in [0, 0.05) is 36.8 Å². The predicted molar refractivity (Wildman–Crippen MR) is 81.2 cm³/mol. The summed E-state index contributed by atoms with van der Waals surface area (Å²) in [6.45, 7) is 5.89. The standard InChI is InChI=1S/C14H22N4OS/c1-11-10-17(7-8-20-11)14(19)13-4-6-18(16-13)12-3-2-5-15-9-12/h4,6,11-12,15H,2-3,5,7-10H2,1H3. The van der Waals surface area contributed by atoms with Gasteiger partial charge in [0.2, 0.25) is 0 Å². The average molecular weight is 294 g/mol. The first-order valence-electron chi connectivity index (χ1n) is 7.41. The molecule has 2 unspecified atom stereocenters. The van der Waals surface area contributed by atoms with Crippen LogP contribution in [0.3, 0.4) is 0 Å². The molecule has 3 heterocycles. The first kappa shape index (κ1) is 13.9. The van der Waals surface area contributed by atoms with E-state index < -0.39 is 0 Å². The number of piperidine rings is 1. The lowest BCUT2D eigenvalue weighted by atomic mass is 10.1. The second-order valence-corrected chi connectivity index (χ2v) is 7.16. The van der Waals surface area contributed by atoms with E-state index in [2.05, 4.69) is 17.3 Å². The Morgan fingerprint density at radius 1 is 1.55 bits per heavy atom. The third kappa shape index (κ3) is 3.01. The monoisotopic (exact) mass is 294 g/mol. The molecule has 1 amide bonds. The Bertz CT molecular complexity index is 469. The molecule has 20 heavy (non-hydrogen) atoms. The summed E-state index contributed by atoms with van der Waals surface area (Å²) >= 11 is 1.93. The highest BCUT2D eigenvalue weighted by atomic mass is 32.2. The third-order valence-electron chi connectivity index (χ3n) is 4.00. The zero-order valence-electron chi connectivity index (χ0n) is 11.9. The van der Waals surface area contributed by atoms with Crippen molar-refractivity contribution < 1.29 is 4.79 Å². The quantitative estimate of drug-likeness (QED) is 0.895. The summed E-state index contributed by atoms with van der Waals surface area (Å²) < 4.78 is 1.96. The van der Waals surface area contributed by atoms with Crippen LogP contribution in [0.4, 0.5) is 0 Å². The molecule has 5 nitrogen and oxygen atoms in total. The first-order chi connectivity index (χ1) is 9.74. The molecule has 6 heteroatoms. The van der Waals surface area contributed by atoms with Crippen LogP contribution in [0.1, 0.15) is 36.3 Å². The summed E-state index contributed by atoms with van der Waals surface area (Å²) in [6, 6.07) is 2.25. The number of hydrogen-bond donors (Lipinski definition) is 1. The van der Waals surface area contributed by atoms with Crippen molar-refractivity contribution in [3.63, 3.8) is 0 Å². The summed E-state index contributed by atoms with van der Waals surface area (Å²) in [5, 5.41) is 8.42. The molecule has 2 fully saturated rings. The number of aromatic nitrogens is 2. The van der Waals surface area contributed by atoms with Gasteiger partial charge in [-0.25, -0.2) is 0 Å². The van der Waals surface area contributed by atoms with Crippen LogP contribution in [-0.2, 0) is 0 Å². The number of carbonyl (C=O) groups is 1. The molecule has 0 aliphatic carbocycles. The third-order valence-corrected chi connectivity index (χ3v) is 5.14. The van der Waals surface area contributed by atoms with Gasteiger partial charge in [-0.2, -0.15) is 16.9 Å². The van der Waals surface area contributed by atoms with Gasteiger partial charge in [0.25, 0.3) is 5.91 Å². The van der Waals surface area contributed by atoms with Crippen LogP contribution < -0.4 is 5.32 Å². The van der Waals surface area contributed by atoms with Crippen molar-refractivity contribution in [1.29, 1.82) is 0 Å². The van der Waals surface area contributed by atoms with Gasteiger partial charge in [-0.3, -0.25) is 9.48 Å². The summed E-state index contributed by atoms with van der Waals surface area (Å²) in [5.74, 6) is 1.11. The first-order valence-corrected chi connectivity index (χ1v) is 8.45. The van der Waals surface area contributed by atoms with Crippen molar-refractivity contribution in [3.8, 4) is 0 Å². The van der Waals surface area contributed by atoms with Gasteiger partial charge in [-0.05, 0) is 25.5 Å². The Balaban J connectivity index is 1.67. The lowest BCUT2D eigenvalue weighted by Gasteiger charge is -2.30. The Morgan fingerprint density at radius 3 is 3.20 bits per heavy atom. The number of nitrogens with zero attached hydrogens (tertiary/aromatic N) is 3. The molecule has 1 aromatic heterocycles. The van der Waals surface area contributed by atoms with Gasteiger partial charge in [0.15, 0.2) is 0 Å². The predicted octanol–water partition coefficient (Wildman–Crippen LogP) is 1.39. The molecule has 2 aliphatic rings. The topological polar surface area (TPSA) is 50.2 Å². The fourth-order valence-electron chi connectivity index (χ4n) is 2.88. The second kappa shape index (κ2) is 6.18. The molecular formula is C14H22N4OS. The van der Waals surface area contributed by atoms with E-state index in [1.165, 1.54) is 6.42 Å². The number of nitrogens with one attached hydrogen (secondary N) is 1. The molecule has 0 saturated carbocycles. The molecule has 0 radical (unpaired) electrons. The number of hydrogen-bond acceptors (Lipinski definition) is 4. The molecule has 3 rings (SSSR count). The lowest BCUT2D eigenvalue weighted by Crippen LogP contribution is -2.41. The van der Waals surface area contributed by atoms with Gasteiger partial charge in [-0.15, -0.1) is 0 Å². The maximum absolute atomic E-state index is 12.5. The second-order valence-electron chi connectivity index (χ2n) is 5.61. The van der Waals surface area contributed by atoms with Crippen LogP contribution in [-0.4, -0.2) is 57.8 Å². The molecule has 0 bridgehead atoms. The SMILES string of the molecule is CC1CN(C(=O)c2ccn(C3CCCNC3)n2)CCS1. The molecule has 0 spiro atoms. The minimum atomic E-state index is 0.0830. The minimum Gasteiger partial charge on any atom is -0.335 e. The van der Waals surface area contributed by atoms with Crippen LogP contribution in [0.2, 0.25) is 0 Å². The maximum Gasteiger partial charge on any atom is 0.274 e. The van der Waals surface area contributed by atoms with Gasteiger partial charge in [0.05, 0.1) is 6.04 Å². The number of carbonyl (C=O) groups excluding carboxylic acids is 1. The van der Waals surface area contributed by atoms with E-state index in [1.807, 2.05) is 33.6 Å². The van der Waals surface area contributed by atoms with Gasteiger partial charge < -0.3 is 10.2 Å². The van der Waals surface area contributed by atoms with Crippen LogP contribution in [0.5, 0.6) is 0 Å². The van der Waals surface area contributed by atoms with E-state index >= 15 is 0 Å². The van der Waals surface area contributed by atoms with Gasteiger partial charge in [0.1, 0.15) is 5.69 Å². The fraction of sp³-hybridized carbons (Fsp3) is 0.714. The van der Waals surface area contributed by atoms with Gasteiger partial charge >= 0.3 is 0 Å². The lowest BCUT2D eigenvalue weighted by molar-refractivity contribution is 0.0755. The van der Waals surface area contributed by atoms with Crippen molar-refractivity contribution in [2.75, 3.05) is 31.9 Å². The van der Waals surface area contributed by atoms with E-state index in [9.17, 15) is 4.79 Å². The molecule has 0 aromatic carbocycles. The van der Waals surface area contributed by atoms with Crippen molar-refractivity contribution in [2.45, 2.75) is 31.1 Å². The highest BCUT2D eigenvalue weighted by molar-refractivity contribution is 7.99. The molecular weight excluding hydrogens is 272 g/mol. The van der Waals surface area contributed by atoms with Crippen molar-refractivity contribution >= 4 is 17.7 Å². The van der Waals surface area contributed by atoms with Crippen LogP contribution in [0, 0.1) is 0 Å². The largest absolute Gasteiger partial charge is 0.335 e. The Kier molecular flexibility index (Phi) is 4.31. The van der Waals surface area contributed by atoms with Gasteiger partial charge in [-0.1, -0.05) is 6.92 Å². The highest BCUT2D eigenvalue weighted by Gasteiger charge is 2.25. The normalized spacial score (nSPS) is 27.6. The summed E-state index contributed by atoms with van der Waals surface area (Å²) in [5.41, 5.74) is 0.592. The summed E-state index contributed by atoms with van der Waals surface area (Å²) in [4.78, 5) is 14.4. The Morgan fingerprint density at radius 2 is 2.45 bits per heavy atom. The Labute approximate surface area is 124 Å². The van der Waals surface area contributed by atoms with Crippen LogP contribution in [0.15, 0.2) is 12.3 Å². The minimum absolute atomic E-state index is 0.0830. The molecule has 1 aromatic rings. The van der Waals surface area contributed by atoms with Crippen molar-refractivity contribution in [3.05, 3.63) is 18.0 Å². The highest BCUT2D eigenvalue weighted by Crippen LogP contribution is 2.20. The maximum atomic E-state index is 12.5. The van der Waals surface area contributed by atoms with E-state index in [0.717, 1.165) is 38.4 Å². The average Bonchev–Trinajstić information content (AvgIpc) is 2.97. The number of rotatable bonds is 2. The van der Waals surface area contributed by atoms with E-state index in [1.54, 1.807) is 0 Å². The zero-order valence-corrected chi connectivity index (χ0v) is 12.7. The molecule has 2 aliphatic heterocycles. The smallest absolute Gasteiger partial charge is 0.274 e. The van der Waals surface area contributed by atoms with Crippen LogP contribution in [0.25, 0.3) is 0 Å². The summed E-state index contributed by atoms with van der Waals surface area (Å²) in [6.07, 6.45) is 4.27. The van der Waals surface area contributed by atoms with Crippen LogP contribution >= 0.6 is 11.8 Å². The number of thioether (sulfide) groups is 1. The van der Waals surface area contributed by atoms with Crippen molar-refractivity contribution in [1.82, 2.24) is 20.0 Å². The molecule has 1 N–H and O–H groups in total. The van der Waals surface area contributed by atoms with Crippen molar-refractivity contribution in [2.24, 2.45) is 0 Å². The number of amides is 1. The molecule has 2 saturated heterocycles. The molecule has 110 valence electrons. The van der Waals surface area contributed by atoms with E-state index in [4.69, 9.17) is 0 Å². The van der Waals surface area contributed by atoms with E-state index in [-0.39, 0.29) is 5.91 Å².